The van der Waals surface area contributed by atoms with Crippen molar-refractivity contribution < 1.29 is 4.79 Å². The molecule has 2 rings (SSSR count). The second-order valence-corrected chi connectivity index (χ2v) is 4.90. The molecule has 1 amide bonds. The van der Waals surface area contributed by atoms with E-state index < -0.39 is 0 Å². The Morgan fingerprint density at radius 2 is 2.28 bits per heavy atom. The SMILES string of the molecule is O=C(CCCc1cc[nH]c1)Nc1ccc(Br)cn1. The number of carbonyl (C=O) groups excluding carboxylic acids is 1. The summed E-state index contributed by atoms with van der Waals surface area (Å²) < 4.78 is 0.896. The van der Waals surface area contributed by atoms with Crippen molar-refractivity contribution >= 4 is 27.7 Å². The van der Waals surface area contributed by atoms with Gasteiger partial charge in [0.1, 0.15) is 5.82 Å². The minimum Gasteiger partial charge on any atom is -0.367 e. The zero-order chi connectivity index (χ0) is 12.8. The van der Waals surface area contributed by atoms with Gasteiger partial charge in [-0.2, -0.15) is 0 Å². The van der Waals surface area contributed by atoms with E-state index in [9.17, 15) is 4.79 Å². The van der Waals surface area contributed by atoms with Gasteiger partial charge in [-0.15, -0.1) is 0 Å². The predicted molar refractivity (Wildman–Crippen MR) is 74.3 cm³/mol. The molecule has 0 aromatic carbocycles. The van der Waals surface area contributed by atoms with Crippen LogP contribution in [-0.2, 0) is 11.2 Å². The third kappa shape index (κ3) is 4.00. The summed E-state index contributed by atoms with van der Waals surface area (Å²) in [5, 5.41) is 2.77. The number of amides is 1. The summed E-state index contributed by atoms with van der Waals surface area (Å²) in [5.74, 6) is 0.588. The van der Waals surface area contributed by atoms with Crippen LogP contribution in [0.4, 0.5) is 5.82 Å². The highest BCUT2D eigenvalue weighted by molar-refractivity contribution is 9.10. The van der Waals surface area contributed by atoms with E-state index in [1.165, 1.54) is 5.56 Å². The number of nitrogens with one attached hydrogen (secondary N) is 2. The van der Waals surface area contributed by atoms with E-state index in [1.807, 2.05) is 24.5 Å². The number of rotatable bonds is 5. The molecule has 5 heteroatoms. The van der Waals surface area contributed by atoms with E-state index >= 15 is 0 Å². The van der Waals surface area contributed by atoms with E-state index in [-0.39, 0.29) is 5.91 Å². The molecule has 18 heavy (non-hydrogen) atoms. The van der Waals surface area contributed by atoms with Crippen molar-refractivity contribution in [3.8, 4) is 0 Å². The molecule has 0 fully saturated rings. The van der Waals surface area contributed by atoms with Crippen LogP contribution >= 0.6 is 15.9 Å². The van der Waals surface area contributed by atoms with Crippen molar-refractivity contribution in [3.63, 3.8) is 0 Å². The van der Waals surface area contributed by atoms with Crippen molar-refractivity contribution in [2.24, 2.45) is 0 Å². The predicted octanol–water partition coefficient (Wildman–Crippen LogP) is 3.13. The zero-order valence-corrected chi connectivity index (χ0v) is 11.4. The normalized spacial score (nSPS) is 10.3. The van der Waals surface area contributed by atoms with Crippen molar-refractivity contribution in [1.29, 1.82) is 0 Å². The molecule has 0 saturated heterocycles. The Morgan fingerprint density at radius 3 is 2.94 bits per heavy atom. The zero-order valence-electron chi connectivity index (χ0n) is 9.82. The molecular formula is C13H14BrN3O. The maximum absolute atomic E-state index is 11.7. The van der Waals surface area contributed by atoms with Gasteiger partial charge in [-0.25, -0.2) is 4.98 Å². The van der Waals surface area contributed by atoms with Crippen molar-refractivity contribution in [2.45, 2.75) is 19.3 Å². The minimum absolute atomic E-state index is 0.000332. The first-order valence-corrected chi connectivity index (χ1v) is 6.56. The van der Waals surface area contributed by atoms with Gasteiger partial charge in [0.15, 0.2) is 0 Å². The van der Waals surface area contributed by atoms with Crippen LogP contribution in [0.3, 0.4) is 0 Å². The van der Waals surface area contributed by atoms with E-state index in [1.54, 1.807) is 12.3 Å². The molecule has 2 heterocycles. The van der Waals surface area contributed by atoms with Crippen LogP contribution in [-0.4, -0.2) is 15.9 Å². The molecule has 0 radical (unpaired) electrons. The van der Waals surface area contributed by atoms with Gasteiger partial charge in [0.2, 0.25) is 5.91 Å². The molecule has 0 bridgehead atoms. The highest BCUT2D eigenvalue weighted by atomic mass is 79.9. The van der Waals surface area contributed by atoms with E-state index in [0.29, 0.717) is 12.2 Å². The molecule has 0 atom stereocenters. The van der Waals surface area contributed by atoms with E-state index in [2.05, 4.69) is 31.2 Å². The van der Waals surface area contributed by atoms with Crippen molar-refractivity contribution in [2.75, 3.05) is 5.32 Å². The second kappa shape index (κ2) is 6.35. The number of hydrogen-bond acceptors (Lipinski definition) is 2. The van der Waals surface area contributed by atoms with Gasteiger partial charge < -0.3 is 10.3 Å². The Hall–Kier alpha value is -1.62. The standard InChI is InChI=1S/C13H14BrN3O/c14-11-4-5-12(16-9-11)17-13(18)3-1-2-10-6-7-15-8-10/h4-9,15H,1-3H2,(H,16,17,18). The summed E-state index contributed by atoms with van der Waals surface area (Å²) in [6.07, 6.45) is 7.75. The first kappa shape index (κ1) is 12.8. The summed E-state index contributed by atoms with van der Waals surface area (Å²) >= 11 is 3.30. The van der Waals surface area contributed by atoms with Crippen LogP contribution in [0.15, 0.2) is 41.3 Å². The van der Waals surface area contributed by atoms with Crippen LogP contribution in [0.2, 0.25) is 0 Å². The Bertz CT molecular complexity index is 493. The number of pyridine rings is 1. The van der Waals surface area contributed by atoms with Crippen molar-refractivity contribution in [3.05, 3.63) is 46.8 Å². The molecular weight excluding hydrogens is 294 g/mol. The molecule has 2 aromatic rings. The van der Waals surface area contributed by atoms with Gasteiger partial charge >= 0.3 is 0 Å². The second-order valence-electron chi connectivity index (χ2n) is 3.98. The lowest BCUT2D eigenvalue weighted by atomic mass is 10.1. The van der Waals surface area contributed by atoms with Gasteiger partial charge in [0.25, 0.3) is 0 Å². The molecule has 2 aromatic heterocycles. The minimum atomic E-state index is 0.000332. The monoisotopic (exact) mass is 307 g/mol. The molecule has 0 saturated carbocycles. The van der Waals surface area contributed by atoms with Crippen LogP contribution < -0.4 is 5.32 Å². The molecule has 94 valence electrons. The summed E-state index contributed by atoms with van der Waals surface area (Å²) in [5.41, 5.74) is 1.23. The smallest absolute Gasteiger partial charge is 0.225 e. The first-order chi connectivity index (χ1) is 8.74. The van der Waals surface area contributed by atoms with E-state index in [4.69, 9.17) is 0 Å². The first-order valence-electron chi connectivity index (χ1n) is 5.77. The summed E-state index contributed by atoms with van der Waals surface area (Å²) in [6, 6.07) is 5.64. The highest BCUT2D eigenvalue weighted by Gasteiger charge is 2.03. The highest BCUT2D eigenvalue weighted by Crippen LogP contribution is 2.11. The summed E-state index contributed by atoms with van der Waals surface area (Å²) in [6.45, 7) is 0. The lowest BCUT2D eigenvalue weighted by Gasteiger charge is -2.03. The average Bonchev–Trinajstić information content (AvgIpc) is 2.85. The van der Waals surface area contributed by atoms with Gasteiger partial charge in [-0.3, -0.25) is 4.79 Å². The van der Waals surface area contributed by atoms with Crippen LogP contribution in [0.25, 0.3) is 0 Å². The fourth-order valence-corrected chi connectivity index (χ4v) is 1.86. The Labute approximate surface area is 114 Å². The van der Waals surface area contributed by atoms with Gasteiger partial charge in [-0.05, 0) is 52.5 Å². The molecule has 0 aliphatic carbocycles. The van der Waals surface area contributed by atoms with Gasteiger partial charge in [-0.1, -0.05) is 0 Å². The summed E-state index contributed by atoms with van der Waals surface area (Å²) in [7, 11) is 0. The van der Waals surface area contributed by atoms with Crippen LogP contribution in [0, 0.1) is 0 Å². The Kier molecular flexibility index (Phi) is 4.52. The van der Waals surface area contributed by atoms with Gasteiger partial charge in [0.05, 0.1) is 0 Å². The molecule has 0 aliphatic rings. The lowest BCUT2D eigenvalue weighted by Crippen LogP contribution is -2.12. The number of aromatic amines is 1. The number of hydrogen-bond donors (Lipinski definition) is 2. The van der Waals surface area contributed by atoms with E-state index in [0.717, 1.165) is 17.3 Å². The third-order valence-corrected chi connectivity index (χ3v) is 3.00. The third-order valence-electron chi connectivity index (χ3n) is 2.53. The number of nitrogens with zero attached hydrogens (tertiary/aromatic N) is 1. The number of halogens is 1. The lowest BCUT2D eigenvalue weighted by molar-refractivity contribution is -0.116. The number of carbonyl (C=O) groups is 1. The maximum Gasteiger partial charge on any atom is 0.225 e. The Balaban J connectivity index is 1.73. The topological polar surface area (TPSA) is 57.8 Å². The molecule has 0 unspecified atom stereocenters. The average molecular weight is 308 g/mol. The fourth-order valence-electron chi connectivity index (χ4n) is 1.62. The fraction of sp³-hybridized carbons (Fsp3) is 0.231. The molecule has 4 nitrogen and oxygen atoms in total. The van der Waals surface area contributed by atoms with Crippen LogP contribution in [0.1, 0.15) is 18.4 Å². The number of anilines is 1. The molecule has 0 spiro atoms. The van der Waals surface area contributed by atoms with Crippen molar-refractivity contribution in [1.82, 2.24) is 9.97 Å². The Morgan fingerprint density at radius 1 is 1.39 bits per heavy atom. The number of aromatic nitrogens is 2. The summed E-state index contributed by atoms with van der Waals surface area (Å²) in [4.78, 5) is 18.7. The number of H-pyrrole nitrogens is 1. The molecule has 2 N–H and O–H groups in total. The maximum atomic E-state index is 11.7. The van der Waals surface area contributed by atoms with Gasteiger partial charge in [0, 0.05) is 29.5 Å². The quantitative estimate of drug-likeness (QED) is 0.891. The molecule has 0 aliphatic heterocycles. The largest absolute Gasteiger partial charge is 0.367 e. The number of aryl methyl sites for hydroxylation is 1. The van der Waals surface area contributed by atoms with Crippen LogP contribution in [0.5, 0.6) is 0 Å².